The second-order valence-corrected chi connectivity index (χ2v) is 5.94. The molecule has 1 saturated carbocycles. The Hall–Kier alpha value is -1.08. The van der Waals surface area contributed by atoms with Crippen LogP contribution < -0.4 is 5.32 Å². The minimum Gasteiger partial charge on any atom is -0.396 e. The molecule has 1 rings (SSSR count). The van der Waals surface area contributed by atoms with Crippen LogP contribution in [0.25, 0.3) is 0 Å². The first-order valence-electron chi connectivity index (χ1n) is 7.39. The molecule has 0 aromatic rings. The number of hydrogen-bond acceptors (Lipinski definition) is 3. The van der Waals surface area contributed by atoms with Gasteiger partial charge in [-0.1, -0.05) is 39.5 Å². The molecule has 1 fully saturated rings. The number of carbonyl (C=O) groups is 1. The number of rotatable bonds is 5. The first kappa shape index (κ1) is 16.0. The minimum atomic E-state index is -0.848. The molecule has 0 bridgehead atoms. The molecule has 0 aromatic heterocycles. The molecule has 4 heteroatoms. The number of carbonyl (C=O) groups excluding carboxylic acids is 1. The van der Waals surface area contributed by atoms with Gasteiger partial charge < -0.3 is 10.4 Å². The maximum absolute atomic E-state index is 12.5. The van der Waals surface area contributed by atoms with Crippen LogP contribution in [0.4, 0.5) is 0 Å². The Morgan fingerprint density at radius 1 is 1.32 bits per heavy atom. The van der Waals surface area contributed by atoms with E-state index in [1.807, 2.05) is 13.8 Å². The summed E-state index contributed by atoms with van der Waals surface area (Å²) >= 11 is 0. The molecule has 0 heterocycles. The van der Waals surface area contributed by atoms with Crippen molar-refractivity contribution < 1.29 is 9.90 Å². The van der Waals surface area contributed by atoms with Crippen LogP contribution in [-0.4, -0.2) is 23.7 Å². The van der Waals surface area contributed by atoms with Crippen molar-refractivity contribution in [2.24, 2.45) is 11.3 Å². The van der Waals surface area contributed by atoms with E-state index in [2.05, 4.69) is 11.4 Å². The van der Waals surface area contributed by atoms with Crippen molar-refractivity contribution in [3.8, 4) is 6.07 Å². The second kappa shape index (κ2) is 7.49. The molecule has 0 saturated heterocycles. The first-order valence-corrected chi connectivity index (χ1v) is 7.39. The van der Waals surface area contributed by atoms with Crippen LogP contribution in [0.15, 0.2) is 0 Å². The molecule has 1 unspecified atom stereocenters. The zero-order valence-corrected chi connectivity index (χ0v) is 12.1. The monoisotopic (exact) mass is 266 g/mol. The quantitative estimate of drug-likeness (QED) is 0.750. The number of aliphatic hydroxyl groups is 1. The minimum absolute atomic E-state index is 0.0500. The lowest BCUT2D eigenvalue weighted by atomic mass is 9.80. The molecule has 2 N–H and O–H groups in total. The zero-order chi connectivity index (χ0) is 14.3. The number of nitriles is 1. The Morgan fingerprint density at radius 3 is 2.32 bits per heavy atom. The molecular weight excluding hydrogens is 240 g/mol. The van der Waals surface area contributed by atoms with Crippen molar-refractivity contribution in [1.29, 1.82) is 5.26 Å². The number of nitrogens with one attached hydrogen (secondary N) is 1. The van der Waals surface area contributed by atoms with Gasteiger partial charge in [-0.15, -0.1) is 0 Å². The van der Waals surface area contributed by atoms with Crippen LogP contribution in [0.3, 0.4) is 0 Å². The molecule has 1 amide bonds. The van der Waals surface area contributed by atoms with Crippen molar-refractivity contribution in [1.82, 2.24) is 5.32 Å². The van der Waals surface area contributed by atoms with Gasteiger partial charge in [0, 0.05) is 12.6 Å². The molecule has 0 spiro atoms. The predicted molar refractivity (Wildman–Crippen MR) is 74.2 cm³/mol. The van der Waals surface area contributed by atoms with Gasteiger partial charge in [-0.25, -0.2) is 0 Å². The summed E-state index contributed by atoms with van der Waals surface area (Å²) in [6.07, 6.45) is 6.01. The van der Waals surface area contributed by atoms with Gasteiger partial charge in [-0.3, -0.25) is 4.79 Å². The Balaban J connectivity index is 2.74. The molecule has 1 aliphatic carbocycles. The standard InChI is InChI=1S/C15H26N2O2/c1-12(2)13(7-10-18)17-14(19)15(11-16)8-5-3-4-6-9-15/h12-13,18H,3-10H2,1-2H3,(H,17,19). The van der Waals surface area contributed by atoms with E-state index in [9.17, 15) is 10.1 Å². The third-order valence-corrected chi connectivity index (χ3v) is 4.17. The van der Waals surface area contributed by atoms with Crippen LogP contribution in [-0.2, 0) is 4.79 Å². The van der Waals surface area contributed by atoms with Crippen LogP contribution >= 0.6 is 0 Å². The summed E-state index contributed by atoms with van der Waals surface area (Å²) in [7, 11) is 0. The van der Waals surface area contributed by atoms with E-state index >= 15 is 0 Å². The lowest BCUT2D eigenvalue weighted by Crippen LogP contribution is -2.47. The number of aliphatic hydroxyl groups excluding tert-OH is 1. The smallest absolute Gasteiger partial charge is 0.240 e. The SMILES string of the molecule is CC(C)C(CCO)NC(=O)C1(C#N)CCCCCC1. The van der Waals surface area contributed by atoms with E-state index in [-0.39, 0.29) is 24.5 Å². The highest BCUT2D eigenvalue weighted by atomic mass is 16.3. The largest absolute Gasteiger partial charge is 0.396 e. The molecular formula is C15H26N2O2. The second-order valence-electron chi connectivity index (χ2n) is 5.94. The van der Waals surface area contributed by atoms with Gasteiger partial charge in [-0.2, -0.15) is 5.26 Å². The maximum Gasteiger partial charge on any atom is 0.240 e. The van der Waals surface area contributed by atoms with Gasteiger partial charge >= 0.3 is 0 Å². The summed E-state index contributed by atoms with van der Waals surface area (Å²) < 4.78 is 0. The lowest BCUT2D eigenvalue weighted by Gasteiger charge is -2.29. The van der Waals surface area contributed by atoms with E-state index in [0.717, 1.165) is 25.7 Å². The molecule has 19 heavy (non-hydrogen) atoms. The Kier molecular flexibility index (Phi) is 6.30. The molecule has 0 aliphatic heterocycles. The van der Waals surface area contributed by atoms with Crippen LogP contribution in [0.1, 0.15) is 58.8 Å². The Bertz CT molecular complexity index is 326. The number of amides is 1. The van der Waals surface area contributed by atoms with Gasteiger partial charge in [0.05, 0.1) is 6.07 Å². The lowest BCUT2D eigenvalue weighted by molar-refractivity contribution is -0.130. The highest BCUT2D eigenvalue weighted by molar-refractivity contribution is 5.85. The maximum atomic E-state index is 12.5. The zero-order valence-electron chi connectivity index (χ0n) is 12.1. The van der Waals surface area contributed by atoms with Crippen molar-refractivity contribution in [2.75, 3.05) is 6.61 Å². The normalized spacial score (nSPS) is 20.4. The molecule has 1 aliphatic rings. The summed E-state index contributed by atoms with van der Waals surface area (Å²) in [5.74, 6) is 0.127. The van der Waals surface area contributed by atoms with E-state index in [1.165, 1.54) is 0 Å². The van der Waals surface area contributed by atoms with Crippen LogP contribution in [0.2, 0.25) is 0 Å². The van der Waals surface area contributed by atoms with Gasteiger partial charge in [0.1, 0.15) is 5.41 Å². The summed E-state index contributed by atoms with van der Waals surface area (Å²) in [6.45, 7) is 4.10. The van der Waals surface area contributed by atoms with E-state index in [0.29, 0.717) is 19.3 Å². The van der Waals surface area contributed by atoms with Crippen molar-refractivity contribution in [2.45, 2.75) is 64.8 Å². The summed E-state index contributed by atoms with van der Waals surface area (Å²) in [5, 5.41) is 21.5. The topological polar surface area (TPSA) is 73.1 Å². The Morgan fingerprint density at radius 2 is 1.89 bits per heavy atom. The average molecular weight is 266 g/mol. The highest BCUT2D eigenvalue weighted by Crippen LogP contribution is 2.35. The fourth-order valence-electron chi connectivity index (χ4n) is 2.74. The fourth-order valence-corrected chi connectivity index (χ4v) is 2.74. The number of hydrogen-bond donors (Lipinski definition) is 2. The average Bonchev–Trinajstić information content (AvgIpc) is 2.64. The number of nitrogens with zero attached hydrogens (tertiary/aromatic N) is 1. The van der Waals surface area contributed by atoms with E-state index in [1.54, 1.807) is 0 Å². The highest BCUT2D eigenvalue weighted by Gasteiger charge is 2.39. The van der Waals surface area contributed by atoms with Crippen molar-refractivity contribution in [3.63, 3.8) is 0 Å². The van der Waals surface area contributed by atoms with Crippen molar-refractivity contribution >= 4 is 5.91 Å². The van der Waals surface area contributed by atoms with Crippen LogP contribution in [0.5, 0.6) is 0 Å². The van der Waals surface area contributed by atoms with E-state index < -0.39 is 5.41 Å². The summed E-state index contributed by atoms with van der Waals surface area (Å²) in [5.41, 5.74) is -0.848. The molecule has 108 valence electrons. The van der Waals surface area contributed by atoms with Gasteiger partial charge in [0.25, 0.3) is 0 Å². The molecule has 0 radical (unpaired) electrons. The predicted octanol–water partition coefficient (Wildman–Crippen LogP) is 2.37. The summed E-state index contributed by atoms with van der Waals surface area (Å²) in [4.78, 5) is 12.5. The van der Waals surface area contributed by atoms with E-state index in [4.69, 9.17) is 5.11 Å². The molecule has 4 nitrogen and oxygen atoms in total. The molecule has 0 aromatic carbocycles. The van der Waals surface area contributed by atoms with Crippen LogP contribution in [0, 0.1) is 22.7 Å². The fraction of sp³-hybridized carbons (Fsp3) is 0.867. The van der Waals surface area contributed by atoms with Gasteiger partial charge in [-0.05, 0) is 25.2 Å². The Labute approximate surface area is 116 Å². The summed E-state index contributed by atoms with van der Waals surface area (Å²) in [6, 6.07) is 2.22. The third-order valence-electron chi connectivity index (χ3n) is 4.17. The molecule has 1 atom stereocenters. The third kappa shape index (κ3) is 4.21. The van der Waals surface area contributed by atoms with Crippen molar-refractivity contribution in [3.05, 3.63) is 0 Å². The van der Waals surface area contributed by atoms with Gasteiger partial charge in [0.15, 0.2) is 0 Å². The van der Waals surface area contributed by atoms with Gasteiger partial charge in [0.2, 0.25) is 5.91 Å². The first-order chi connectivity index (χ1) is 9.05.